The zero-order chi connectivity index (χ0) is 7.98. The number of rotatable bonds is 5. The standard InChI is InChI=1S/C8H12O2/c1-4-6-10-7(3)8(9)5-2/h4-5,7H,1-2,6H2,3H3. The van der Waals surface area contributed by atoms with Crippen molar-refractivity contribution in [2.75, 3.05) is 6.61 Å². The second-order valence-corrected chi connectivity index (χ2v) is 1.87. The van der Waals surface area contributed by atoms with E-state index in [0.29, 0.717) is 6.61 Å². The molecule has 10 heavy (non-hydrogen) atoms. The van der Waals surface area contributed by atoms with Crippen LogP contribution in [0.15, 0.2) is 25.3 Å². The summed E-state index contributed by atoms with van der Waals surface area (Å²) in [6.07, 6.45) is 2.47. The van der Waals surface area contributed by atoms with Gasteiger partial charge in [-0.3, -0.25) is 4.79 Å². The Morgan fingerprint density at radius 3 is 2.70 bits per heavy atom. The molecule has 0 aliphatic carbocycles. The van der Waals surface area contributed by atoms with Crippen LogP contribution >= 0.6 is 0 Å². The Hall–Kier alpha value is -0.890. The third kappa shape index (κ3) is 3.20. The van der Waals surface area contributed by atoms with Crippen molar-refractivity contribution >= 4 is 5.78 Å². The molecule has 0 spiro atoms. The fraction of sp³-hybridized carbons (Fsp3) is 0.375. The van der Waals surface area contributed by atoms with E-state index in [2.05, 4.69) is 13.2 Å². The molecule has 0 aromatic carbocycles. The van der Waals surface area contributed by atoms with Crippen molar-refractivity contribution in [1.29, 1.82) is 0 Å². The minimum absolute atomic E-state index is 0.0955. The number of hydrogen-bond donors (Lipinski definition) is 0. The van der Waals surface area contributed by atoms with E-state index in [0.717, 1.165) is 0 Å². The van der Waals surface area contributed by atoms with Crippen molar-refractivity contribution in [3.8, 4) is 0 Å². The van der Waals surface area contributed by atoms with Crippen LogP contribution < -0.4 is 0 Å². The first-order valence-corrected chi connectivity index (χ1v) is 3.11. The van der Waals surface area contributed by atoms with Crippen molar-refractivity contribution in [3.05, 3.63) is 25.3 Å². The second-order valence-electron chi connectivity index (χ2n) is 1.87. The van der Waals surface area contributed by atoms with Gasteiger partial charge in [-0.25, -0.2) is 0 Å². The molecule has 0 saturated heterocycles. The van der Waals surface area contributed by atoms with Gasteiger partial charge in [0.2, 0.25) is 0 Å². The predicted molar refractivity (Wildman–Crippen MR) is 40.8 cm³/mol. The van der Waals surface area contributed by atoms with E-state index in [1.54, 1.807) is 13.0 Å². The van der Waals surface area contributed by atoms with Crippen molar-refractivity contribution in [2.24, 2.45) is 0 Å². The lowest BCUT2D eigenvalue weighted by Gasteiger charge is -2.05. The third-order valence-corrected chi connectivity index (χ3v) is 1.07. The van der Waals surface area contributed by atoms with Gasteiger partial charge >= 0.3 is 0 Å². The van der Waals surface area contributed by atoms with Crippen LogP contribution in [0.4, 0.5) is 0 Å². The molecule has 0 amide bonds. The van der Waals surface area contributed by atoms with E-state index >= 15 is 0 Å². The average Bonchev–Trinajstić information content (AvgIpc) is 1.98. The van der Waals surface area contributed by atoms with Gasteiger partial charge in [0.15, 0.2) is 5.78 Å². The van der Waals surface area contributed by atoms with Crippen LogP contribution in [0.2, 0.25) is 0 Å². The Balaban J connectivity index is 3.60. The highest BCUT2D eigenvalue weighted by molar-refractivity contribution is 5.92. The number of ether oxygens (including phenoxy) is 1. The van der Waals surface area contributed by atoms with Crippen LogP contribution in [0.3, 0.4) is 0 Å². The van der Waals surface area contributed by atoms with Gasteiger partial charge in [-0.2, -0.15) is 0 Å². The number of ketones is 1. The highest BCUT2D eigenvalue weighted by atomic mass is 16.5. The van der Waals surface area contributed by atoms with Crippen LogP contribution in [-0.4, -0.2) is 18.5 Å². The summed E-state index contributed by atoms with van der Waals surface area (Å²) >= 11 is 0. The minimum Gasteiger partial charge on any atom is -0.366 e. The molecule has 0 rings (SSSR count). The number of hydrogen-bond acceptors (Lipinski definition) is 2. The van der Waals surface area contributed by atoms with E-state index in [4.69, 9.17) is 4.74 Å². The molecule has 1 atom stereocenters. The van der Waals surface area contributed by atoms with E-state index in [1.165, 1.54) is 6.08 Å². The lowest BCUT2D eigenvalue weighted by molar-refractivity contribution is -0.123. The van der Waals surface area contributed by atoms with Gasteiger partial charge in [-0.15, -0.1) is 6.58 Å². The van der Waals surface area contributed by atoms with Gasteiger partial charge in [0.1, 0.15) is 6.10 Å². The molecule has 0 N–H and O–H groups in total. The van der Waals surface area contributed by atoms with Crippen LogP contribution in [-0.2, 0) is 9.53 Å². The Bertz CT molecular complexity index is 138. The van der Waals surface area contributed by atoms with E-state index in [-0.39, 0.29) is 5.78 Å². The zero-order valence-electron chi connectivity index (χ0n) is 6.17. The van der Waals surface area contributed by atoms with Gasteiger partial charge in [-0.05, 0) is 13.0 Å². The maximum Gasteiger partial charge on any atom is 0.183 e. The van der Waals surface area contributed by atoms with Gasteiger partial charge in [0.05, 0.1) is 6.61 Å². The molecular weight excluding hydrogens is 128 g/mol. The van der Waals surface area contributed by atoms with Crippen molar-refractivity contribution in [1.82, 2.24) is 0 Å². The van der Waals surface area contributed by atoms with Gasteiger partial charge in [-0.1, -0.05) is 12.7 Å². The normalized spacial score (nSPS) is 12.1. The molecule has 0 aromatic rings. The summed E-state index contributed by atoms with van der Waals surface area (Å²) in [5, 5.41) is 0. The number of carbonyl (C=O) groups is 1. The van der Waals surface area contributed by atoms with Crippen LogP contribution in [0.5, 0.6) is 0 Å². The first-order chi connectivity index (χ1) is 4.72. The maximum absolute atomic E-state index is 10.7. The van der Waals surface area contributed by atoms with E-state index < -0.39 is 6.10 Å². The largest absolute Gasteiger partial charge is 0.366 e. The Morgan fingerprint density at radius 2 is 2.30 bits per heavy atom. The topological polar surface area (TPSA) is 26.3 Å². The van der Waals surface area contributed by atoms with Crippen molar-refractivity contribution < 1.29 is 9.53 Å². The van der Waals surface area contributed by atoms with Crippen LogP contribution in [0, 0.1) is 0 Å². The summed E-state index contributed by atoms with van der Waals surface area (Å²) in [5.41, 5.74) is 0. The molecule has 1 unspecified atom stereocenters. The molecule has 0 radical (unpaired) electrons. The molecule has 0 aliphatic rings. The molecular formula is C8H12O2. The fourth-order valence-corrected chi connectivity index (χ4v) is 0.460. The summed E-state index contributed by atoms with van der Waals surface area (Å²) in [6.45, 7) is 8.88. The molecule has 0 bridgehead atoms. The molecule has 2 heteroatoms. The molecule has 0 aromatic heterocycles. The number of carbonyl (C=O) groups excluding carboxylic acids is 1. The van der Waals surface area contributed by atoms with E-state index in [9.17, 15) is 4.79 Å². The fourth-order valence-electron chi connectivity index (χ4n) is 0.460. The lowest BCUT2D eigenvalue weighted by atomic mass is 10.2. The SMILES string of the molecule is C=CCOC(C)C(=O)C=C. The first kappa shape index (κ1) is 9.11. The first-order valence-electron chi connectivity index (χ1n) is 3.11. The lowest BCUT2D eigenvalue weighted by Crippen LogP contribution is -2.18. The average molecular weight is 140 g/mol. The smallest absolute Gasteiger partial charge is 0.183 e. The monoisotopic (exact) mass is 140 g/mol. The molecule has 0 heterocycles. The Morgan fingerprint density at radius 1 is 1.70 bits per heavy atom. The quantitative estimate of drug-likeness (QED) is 0.425. The Kier molecular flexibility index (Phi) is 4.50. The van der Waals surface area contributed by atoms with Gasteiger partial charge in [0.25, 0.3) is 0 Å². The molecule has 0 aliphatic heterocycles. The summed E-state index contributed by atoms with van der Waals surface area (Å²) in [5.74, 6) is -0.0955. The highest BCUT2D eigenvalue weighted by Crippen LogP contribution is 1.92. The highest BCUT2D eigenvalue weighted by Gasteiger charge is 2.06. The molecule has 2 nitrogen and oxygen atoms in total. The van der Waals surface area contributed by atoms with Gasteiger partial charge < -0.3 is 4.74 Å². The van der Waals surface area contributed by atoms with Crippen molar-refractivity contribution in [3.63, 3.8) is 0 Å². The molecule has 0 fully saturated rings. The zero-order valence-corrected chi connectivity index (χ0v) is 6.17. The summed E-state index contributed by atoms with van der Waals surface area (Å²) in [4.78, 5) is 10.7. The van der Waals surface area contributed by atoms with Crippen LogP contribution in [0.1, 0.15) is 6.92 Å². The maximum atomic E-state index is 10.7. The van der Waals surface area contributed by atoms with Gasteiger partial charge in [0, 0.05) is 0 Å². The summed E-state index contributed by atoms with van der Waals surface area (Å²) in [7, 11) is 0. The molecule has 0 saturated carbocycles. The summed E-state index contributed by atoms with van der Waals surface area (Å²) in [6, 6.07) is 0. The Labute approximate surface area is 61.2 Å². The predicted octanol–water partition coefficient (Wildman–Crippen LogP) is 1.33. The summed E-state index contributed by atoms with van der Waals surface area (Å²) < 4.78 is 5.00. The van der Waals surface area contributed by atoms with Crippen LogP contribution in [0.25, 0.3) is 0 Å². The van der Waals surface area contributed by atoms with Crippen molar-refractivity contribution in [2.45, 2.75) is 13.0 Å². The second kappa shape index (κ2) is 4.94. The van der Waals surface area contributed by atoms with E-state index in [1.807, 2.05) is 0 Å². The molecule has 56 valence electrons. The third-order valence-electron chi connectivity index (χ3n) is 1.07. The minimum atomic E-state index is -0.393.